The van der Waals surface area contributed by atoms with Crippen molar-refractivity contribution in [2.45, 2.75) is 57.5 Å². The minimum absolute atomic E-state index is 0.0238. The largest absolute Gasteiger partial charge is 0.359 e. The molecule has 3 rings (SSSR count). The van der Waals surface area contributed by atoms with Gasteiger partial charge >= 0.3 is 0 Å². The van der Waals surface area contributed by atoms with E-state index in [0.29, 0.717) is 18.4 Å². The molecule has 0 radical (unpaired) electrons. The summed E-state index contributed by atoms with van der Waals surface area (Å²) in [6.07, 6.45) is 9.68. The lowest BCUT2D eigenvalue weighted by Gasteiger charge is -2.32. The number of carbonyl (C=O) groups is 1. The standard InChI is InChI=1S/C16H24N4O2/c1-2-16(19-9-8-17-11-19)20(12-21)15-10-14(22-18-15)13-6-4-3-5-7-13/h8,10,12-13,16H,2-7,9,11H2,1H3. The van der Waals surface area contributed by atoms with Crippen molar-refractivity contribution < 1.29 is 9.32 Å². The Morgan fingerprint density at radius 3 is 2.91 bits per heavy atom. The molecule has 1 aromatic rings. The second-order valence-electron chi connectivity index (χ2n) is 6.10. The van der Waals surface area contributed by atoms with E-state index in [1.165, 1.54) is 19.3 Å². The fraction of sp³-hybridized carbons (Fsp3) is 0.688. The Kier molecular flexibility index (Phi) is 4.87. The maximum absolute atomic E-state index is 11.6. The molecule has 2 heterocycles. The van der Waals surface area contributed by atoms with Crippen molar-refractivity contribution in [2.24, 2.45) is 4.99 Å². The Morgan fingerprint density at radius 1 is 1.45 bits per heavy atom. The van der Waals surface area contributed by atoms with Gasteiger partial charge in [-0.25, -0.2) is 0 Å². The minimum atomic E-state index is -0.0238. The maximum atomic E-state index is 11.6. The van der Waals surface area contributed by atoms with Crippen LogP contribution in [0.15, 0.2) is 15.6 Å². The van der Waals surface area contributed by atoms with Crippen LogP contribution < -0.4 is 4.90 Å². The molecular formula is C16H24N4O2. The van der Waals surface area contributed by atoms with Crippen LogP contribution in [-0.2, 0) is 4.79 Å². The van der Waals surface area contributed by atoms with E-state index in [2.05, 4.69) is 22.0 Å². The number of carbonyl (C=O) groups excluding carboxylic acids is 1. The zero-order valence-corrected chi connectivity index (χ0v) is 13.1. The highest BCUT2D eigenvalue weighted by atomic mass is 16.5. The Balaban J connectivity index is 1.75. The Hall–Kier alpha value is -1.69. The third-order valence-corrected chi connectivity index (χ3v) is 4.72. The molecule has 0 spiro atoms. The molecule has 0 saturated heterocycles. The van der Waals surface area contributed by atoms with E-state index in [-0.39, 0.29) is 6.17 Å². The van der Waals surface area contributed by atoms with Crippen LogP contribution in [0.4, 0.5) is 5.82 Å². The molecule has 2 aliphatic rings. The van der Waals surface area contributed by atoms with Crippen molar-refractivity contribution in [1.82, 2.24) is 10.1 Å². The first-order valence-electron chi connectivity index (χ1n) is 8.26. The van der Waals surface area contributed by atoms with Crippen molar-refractivity contribution in [1.29, 1.82) is 0 Å². The van der Waals surface area contributed by atoms with Crippen molar-refractivity contribution >= 4 is 18.4 Å². The third-order valence-electron chi connectivity index (χ3n) is 4.72. The van der Waals surface area contributed by atoms with E-state index < -0.39 is 0 Å². The smallest absolute Gasteiger partial charge is 0.216 e. The number of hydrogen-bond donors (Lipinski definition) is 0. The first kappa shape index (κ1) is 15.2. The van der Waals surface area contributed by atoms with Crippen LogP contribution in [0.1, 0.15) is 57.1 Å². The molecular weight excluding hydrogens is 280 g/mol. The predicted octanol–water partition coefficient (Wildman–Crippen LogP) is 2.77. The molecule has 0 aromatic carbocycles. The van der Waals surface area contributed by atoms with Gasteiger partial charge in [-0.05, 0) is 19.3 Å². The van der Waals surface area contributed by atoms with Gasteiger partial charge < -0.3 is 4.52 Å². The molecule has 1 fully saturated rings. The summed E-state index contributed by atoms with van der Waals surface area (Å²) in [6, 6.07) is 1.95. The molecule has 120 valence electrons. The van der Waals surface area contributed by atoms with Crippen LogP contribution in [0.3, 0.4) is 0 Å². The van der Waals surface area contributed by atoms with Gasteiger partial charge in [0, 0.05) is 24.7 Å². The van der Waals surface area contributed by atoms with Crippen LogP contribution in [0.2, 0.25) is 0 Å². The number of aliphatic imine (C=N–C) groups is 1. The lowest BCUT2D eigenvalue weighted by Crippen LogP contribution is -2.47. The monoisotopic (exact) mass is 304 g/mol. The van der Waals surface area contributed by atoms with Gasteiger partial charge in [0.25, 0.3) is 0 Å². The average molecular weight is 304 g/mol. The van der Waals surface area contributed by atoms with Gasteiger partial charge in [0.15, 0.2) is 5.82 Å². The molecule has 22 heavy (non-hydrogen) atoms. The molecule has 0 bridgehead atoms. The second-order valence-corrected chi connectivity index (χ2v) is 6.10. The number of amides is 1. The van der Waals surface area contributed by atoms with Crippen LogP contribution in [0.5, 0.6) is 0 Å². The fourth-order valence-corrected chi connectivity index (χ4v) is 3.49. The first-order valence-corrected chi connectivity index (χ1v) is 8.26. The molecule has 1 saturated carbocycles. The Bertz CT molecular complexity index is 514. The number of hydrogen-bond acceptors (Lipinski definition) is 5. The molecule has 1 aromatic heterocycles. The van der Waals surface area contributed by atoms with E-state index in [1.807, 2.05) is 12.3 Å². The lowest BCUT2D eigenvalue weighted by atomic mass is 9.87. The Morgan fingerprint density at radius 2 is 2.27 bits per heavy atom. The van der Waals surface area contributed by atoms with Gasteiger partial charge in [-0.3, -0.25) is 19.6 Å². The molecule has 1 atom stereocenters. The third kappa shape index (κ3) is 3.06. The number of rotatable bonds is 6. The van der Waals surface area contributed by atoms with E-state index in [4.69, 9.17) is 4.52 Å². The second kappa shape index (κ2) is 7.05. The van der Waals surface area contributed by atoms with E-state index in [1.54, 1.807) is 4.90 Å². The van der Waals surface area contributed by atoms with Crippen LogP contribution in [0, 0.1) is 0 Å². The highest BCUT2D eigenvalue weighted by Crippen LogP contribution is 2.34. The summed E-state index contributed by atoms with van der Waals surface area (Å²) in [6.45, 7) is 3.48. The van der Waals surface area contributed by atoms with Crippen LogP contribution in [-0.4, -0.2) is 42.1 Å². The minimum Gasteiger partial charge on any atom is -0.359 e. The van der Waals surface area contributed by atoms with Crippen molar-refractivity contribution in [3.63, 3.8) is 0 Å². The summed E-state index contributed by atoms with van der Waals surface area (Å²) in [7, 11) is 0. The average Bonchev–Trinajstić information content (AvgIpc) is 3.25. The van der Waals surface area contributed by atoms with Gasteiger partial charge in [-0.2, -0.15) is 0 Å². The van der Waals surface area contributed by atoms with E-state index >= 15 is 0 Å². The maximum Gasteiger partial charge on any atom is 0.216 e. The lowest BCUT2D eigenvalue weighted by molar-refractivity contribution is -0.108. The summed E-state index contributed by atoms with van der Waals surface area (Å²) >= 11 is 0. The summed E-state index contributed by atoms with van der Waals surface area (Å²) in [4.78, 5) is 19.7. The van der Waals surface area contributed by atoms with Gasteiger partial charge in [-0.1, -0.05) is 31.3 Å². The molecule has 1 amide bonds. The molecule has 1 aliphatic carbocycles. The molecule has 1 unspecified atom stereocenters. The molecule has 6 nitrogen and oxygen atoms in total. The number of nitrogens with zero attached hydrogens (tertiary/aromatic N) is 4. The zero-order valence-electron chi connectivity index (χ0n) is 13.1. The summed E-state index contributed by atoms with van der Waals surface area (Å²) in [5.74, 6) is 2.00. The summed E-state index contributed by atoms with van der Waals surface area (Å²) in [5.41, 5.74) is 0. The topological polar surface area (TPSA) is 61.9 Å². The normalized spacial score (nSPS) is 21.1. The van der Waals surface area contributed by atoms with E-state index in [0.717, 1.165) is 38.0 Å². The molecule has 0 N–H and O–H groups in total. The van der Waals surface area contributed by atoms with E-state index in [9.17, 15) is 4.79 Å². The molecule has 1 aliphatic heterocycles. The first-order chi connectivity index (χ1) is 10.8. The van der Waals surface area contributed by atoms with Crippen molar-refractivity contribution in [2.75, 3.05) is 18.1 Å². The summed E-state index contributed by atoms with van der Waals surface area (Å²) < 4.78 is 5.54. The van der Waals surface area contributed by atoms with Crippen molar-refractivity contribution in [3.8, 4) is 0 Å². The zero-order chi connectivity index (χ0) is 15.4. The van der Waals surface area contributed by atoms with Crippen LogP contribution in [0.25, 0.3) is 0 Å². The fourth-order valence-electron chi connectivity index (χ4n) is 3.49. The highest BCUT2D eigenvalue weighted by molar-refractivity contribution is 5.74. The number of anilines is 1. The SMILES string of the molecule is CCC(N1CC=NC1)N(C=O)c1cc(C2CCCCC2)on1. The van der Waals surface area contributed by atoms with Gasteiger partial charge in [-0.15, -0.1) is 0 Å². The van der Waals surface area contributed by atoms with Gasteiger partial charge in [0.1, 0.15) is 5.76 Å². The Labute approximate surface area is 131 Å². The number of aromatic nitrogens is 1. The quantitative estimate of drug-likeness (QED) is 0.758. The predicted molar refractivity (Wildman–Crippen MR) is 85.0 cm³/mol. The van der Waals surface area contributed by atoms with Crippen LogP contribution >= 0.6 is 0 Å². The van der Waals surface area contributed by atoms with Gasteiger partial charge in [0.2, 0.25) is 6.41 Å². The molecule has 6 heteroatoms. The highest BCUT2D eigenvalue weighted by Gasteiger charge is 2.28. The van der Waals surface area contributed by atoms with Gasteiger partial charge in [0.05, 0.1) is 12.8 Å². The summed E-state index contributed by atoms with van der Waals surface area (Å²) in [5, 5.41) is 4.16. The van der Waals surface area contributed by atoms with Crippen molar-refractivity contribution in [3.05, 3.63) is 11.8 Å².